The molecule has 1 aliphatic heterocycles. The molecule has 1 heterocycles. The first kappa shape index (κ1) is 25.9. The van der Waals surface area contributed by atoms with Crippen LogP contribution in [0.25, 0.3) is 11.1 Å². The van der Waals surface area contributed by atoms with E-state index in [1.54, 1.807) is 18.2 Å². The maximum Gasteiger partial charge on any atom is 0.407 e. The fourth-order valence-electron chi connectivity index (χ4n) is 5.26. The number of nitrogens with one attached hydrogen (secondary N) is 1. The minimum atomic E-state index is -1.47. The predicted octanol–water partition coefficient (Wildman–Crippen LogP) is 5.03. The summed E-state index contributed by atoms with van der Waals surface area (Å²) >= 11 is 0. The van der Waals surface area contributed by atoms with Gasteiger partial charge in [0.2, 0.25) is 0 Å². The molecule has 0 saturated carbocycles. The van der Waals surface area contributed by atoms with Gasteiger partial charge in [-0.05, 0) is 46.0 Å². The number of hydroxylamine groups is 2. The van der Waals surface area contributed by atoms with Gasteiger partial charge in [-0.2, -0.15) is 0 Å². The summed E-state index contributed by atoms with van der Waals surface area (Å²) in [6.07, 6.45) is -1.24. The average molecular weight is 551 g/mol. The van der Waals surface area contributed by atoms with Gasteiger partial charge in [-0.3, -0.25) is 9.59 Å². The molecule has 204 valence electrons. The van der Waals surface area contributed by atoms with E-state index >= 15 is 0 Å². The van der Waals surface area contributed by atoms with E-state index in [1.807, 2.05) is 48.5 Å². The Morgan fingerprint density at radius 3 is 1.85 bits per heavy atom. The predicted molar refractivity (Wildman–Crippen MR) is 145 cm³/mol. The molecule has 41 heavy (non-hydrogen) atoms. The van der Waals surface area contributed by atoms with Crippen molar-refractivity contribution in [3.63, 3.8) is 0 Å². The number of carbonyl (C=O) groups excluding carboxylic acids is 4. The zero-order valence-corrected chi connectivity index (χ0v) is 21.6. The highest BCUT2D eigenvalue weighted by atomic mass is 19.1. The Bertz CT molecular complexity index is 1620. The molecule has 1 N–H and O–H groups in total. The Morgan fingerprint density at radius 1 is 0.756 bits per heavy atom. The van der Waals surface area contributed by atoms with Crippen LogP contribution in [-0.4, -0.2) is 41.6 Å². The van der Waals surface area contributed by atoms with Crippen molar-refractivity contribution in [1.82, 2.24) is 10.4 Å². The molecule has 4 aromatic rings. The monoisotopic (exact) mass is 550 g/mol. The van der Waals surface area contributed by atoms with Crippen LogP contribution >= 0.6 is 0 Å². The van der Waals surface area contributed by atoms with Crippen molar-refractivity contribution >= 4 is 23.9 Å². The van der Waals surface area contributed by atoms with E-state index < -0.39 is 35.7 Å². The number of imide groups is 1. The van der Waals surface area contributed by atoms with Gasteiger partial charge in [0.05, 0.1) is 11.1 Å². The van der Waals surface area contributed by atoms with Gasteiger partial charge in [0.25, 0.3) is 11.8 Å². The topological polar surface area (TPSA) is 102 Å². The summed E-state index contributed by atoms with van der Waals surface area (Å²) in [4.78, 5) is 56.8. The van der Waals surface area contributed by atoms with E-state index in [2.05, 4.69) is 5.32 Å². The van der Waals surface area contributed by atoms with Gasteiger partial charge in [-0.1, -0.05) is 83.9 Å². The molecule has 0 saturated heterocycles. The number of carbonyl (C=O) groups is 4. The third kappa shape index (κ3) is 4.82. The molecule has 2 aliphatic rings. The van der Waals surface area contributed by atoms with Gasteiger partial charge in [0.15, 0.2) is 0 Å². The van der Waals surface area contributed by atoms with Gasteiger partial charge < -0.3 is 14.9 Å². The van der Waals surface area contributed by atoms with Crippen molar-refractivity contribution in [2.75, 3.05) is 6.61 Å². The highest BCUT2D eigenvalue weighted by Crippen LogP contribution is 2.44. The lowest BCUT2D eigenvalue weighted by Crippen LogP contribution is -2.47. The van der Waals surface area contributed by atoms with Crippen molar-refractivity contribution in [3.8, 4) is 11.1 Å². The van der Waals surface area contributed by atoms with Crippen molar-refractivity contribution in [1.29, 1.82) is 0 Å². The minimum absolute atomic E-state index is 0.0142. The van der Waals surface area contributed by atoms with E-state index in [-0.39, 0.29) is 35.6 Å². The summed E-state index contributed by atoms with van der Waals surface area (Å²) in [5.74, 6) is -3.57. The van der Waals surface area contributed by atoms with Gasteiger partial charge in [-0.15, -0.1) is 0 Å². The van der Waals surface area contributed by atoms with E-state index in [0.717, 1.165) is 22.3 Å². The second kappa shape index (κ2) is 10.7. The second-order valence-corrected chi connectivity index (χ2v) is 9.68. The smallest absolute Gasteiger partial charge is 0.407 e. The van der Waals surface area contributed by atoms with Crippen molar-refractivity contribution < 1.29 is 33.1 Å². The summed E-state index contributed by atoms with van der Waals surface area (Å²) in [6.45, 7) is -0.0142. The number of halogens is 1. The van der Waals surface area contributed by atoms with Gasteiger partial charge in [0.1, 0.15) is 18.5 Å². The van der Waals surface area contributed by atoms with Crippen LogP contribution in [0, 0.1) is 5.82 Å². The SMILES string of the molecule is O=C(N[C@@H](Cc1ccccc1F)C(=O)ON1C(=O)c2ccccc2C1=O)OCC1c2ccccc2-c2ccccc21. The average Bonchev–Trinajstić information content (AvgIpc) is 3.44. The Labute approximate surface area is 234 Å². The number of nitrogens with zero attached hydrogens (tertiary/aromatic N) is 1. The highest BCUT2D eigenvalue weighted by molar-refractivity contribution is 6.21. The van der Waals surface area contributed by atoms with Crippen LogP contribution in [0.15, 0.2) is 97.1 Å². The zero-order valence-electron chi connectivity index (χ0n) is 21.6. The number of ether oxygens (including phenoxy) is 1. The molecular formula is C32H23FN2O6. The number of hydrogen-bond acceptors (Lipinski definition) is 6. The molecule has 0 radical (unpaired) electrons. The lowest BCUT2D eigenvalue weighted by atomic mass is 9.98. The van der Waals surface area contributed by atoms with Crippen molar-refractivity contribution in [3.05, 3.63) is 131 Å². The van der Waals surface area contributed by atoms with Crippen LogP contribution in [0.5, 0.6) is 0 Å². The van der Waals surface area contributed by atoms with Crippen LogP contribution in [0.3, 0.4) is 0 Å². The van der Waals surface area contributed by atoms with Crippen LogP contribution in [0.4, 0.5) is 9.18 Å². The van der Waals surface area contributed by atoms with Crippen LogP contribution in [0.2, 0.25) is 0 Å². The maximum absolute atomic E-state index is 14.5. The molecule has 0 unspecified atom stereocenters. The molecule has 1 aliphatic carbocycles. The quantitative estimate of drug-likeness (QED) is 0.324. The van der Waals surface area contributed by atoms with Gasteiger partial charge >= 0.3 is 12.1 Å². The van der Waals surface area contributed by atoms with Gasteiger partial charge in [0, 0.05) is 12.3 Å². The number of alkyl carbamates (subject to hydrolysis) is 1. The molecule has 0 aromatic heterocycles. The summed E-state index contributed by atoms with van der Waals surface area (Å²) in [5, 5.41) is 2.79. The molecule has 0 spiro atoms. The lowest BCUT2D eigenvalue weighted by Gasteiger charge is -2.21. The number of amides is 3. The third-order valence-electron chi connectivity index (χ3n) is 7.24. The Balaban J connectivity index is 1.19. The largest absolute Gasteiger partial charge is 0.449 e. The van der Waals surface area contributed by atoms with Crippen molar-refractivity contribution in [2.45, 2.75) is 18.4 Å². The van der Waals surface area contributed by atoms with E-state index in [4.69, 9.17) is 9.57 Å². The summed E-state index contributed by atoms with van der Waals surface area (Å²) in [6, 6.07) is 26.0. The van der Waals surface area contributed by atoms with Crippen LogP contribution in [0.1, 0.15) is 43.3 Å². The molecule has 4 aromatic carbocycles. The maximum atomic E-state index is 14.5. The van der Waals surface area contributed by atoms with Crippen LogP contribution in [-0.2, 0) is 20.8 Å². The first-order chi connectivity index (χ1) is 19.9. The fourth-order valence-corrected chi connectivity index (χ4v) is 5.26. The van der Waals surface area contributed by atoms with Gasteiger partial charge in [-0.25, -0.2) is 14.0 Å². The standard InChI is InChI=1S/C32H23FN2O6/c33-27-16-8-1-9-19(27)17-28(31(38)41-35-29(36)24-14-6-7-15-25(24)30(35)37)34-32(39)40-18-26-22-12-4-2-10-20(22)21-11-3-5-13-23(21)26/h1-16,26,28H,17-18H2,(H,34,39)/t28-/m0/s1. The Hall–Kier alpha value is -5.31. The summed E-state index contributed by atoms with van der Waals surface area (Å²) < 4.78 is 20.0. The van der Waals surface area contributed by atoms with Crippen molar-refractivity contribution in [2.24, 2.45) is 0 Å². The molecule has 0 fully saturated rings. The highest BCUT2D eigenvalue weighted by Gasteiger charge is 2.40. The Morgan fingerprint density at radius 2 is 1.27 bits per heavy atom. The molecule has 1 atom stereocenters. The first-order valence-corrected chi connectivity index (χ1v) is 13.0. The number of rotatable bonds is 7. The van der Waals surface area contributed by atoms with E-state index in [1.165, 1.54) is 30.3 Å². The Kier molecular flexibility index (Phi) is 6.76. The molecule has 8 nitrogen and oxygen atoms in total. The summed E-state index contributed by atoms with van der Waals surface area (Å²) in [5.41, 5.74) is 4.42. The first-order valence-electron chi connectivity index (χ1n) is 13.0. The molecule has 0 bridgehead atoms. The number of benzene rings is 4. The minimum Gasteiger partial charge on any atom is -0.449 e. The molecule has 3 amide bonds. The molecule has 6 rings (SSSR count). The second-order valence-electron chi connectivity index (χ2n) is 9.68. The number of fused-ring (bicyclic) bond motifs is 4. The van der Waals surface area contributed by atoms with E-state index in [0.29, 0.717) is 5.06 Å². The summed E-state index contributed by atoms with van der Waals surface area (Å²) in [7, 11) is 0. The van der Waals surface area contributed by atoms with Crippen LogP contribution < -0.4 is 5.32 Å². The zero-order chi connectivity index (χ0) is 28.5. The molecule has 9 heteroatoms. The fraction of sp³-hybridized carbons (Fsp3) is 0.125. The normalized spacial score (nSPS) is 14.2. The molecular weight excluding hydrogens is 527 g/mol. The lowest BCUT2D eigenvalue weighted by molar-refractivity contribution is -0.171. The van der Waals surface area contributed by atoms with E-state index in [9.17, 15) is 23.6 Å². The third-order valence-corrected chi connectivity index (χ3v) is 7.24. The number of hydrogen-bond donors (Lipinski definition) is 1.